The van der Waals surface area contributed by atoms with Gasteiger partial charge in [-0.15, -0.1) is 0 Å². The summed E-state index contributed by atoms with van der Waals surface area (Å²) in [4.78, 5) is 3.27. The minimum Gasteiger partial charge on any atom is -0.312 e. The summed E-state index contributed by atoms with van der Waals surface area (Å²) in [7, 11) is 0. The van der Waals surface area contributed by atoms with Crippen LogP contribution in [0.1, 0.15) is 24.0 Å². The smallest absolute Gasteiger partial charge is 0.239 e. The topological polar surface area (TPSA) is 4.36 Å². The number of halogens is 1. The zero-order chi connectivity index (χ0) is 9.31. The van der Waals surface area contributed by atoms with E-state index in [0.29, 0.717) is 19.4 Å². The van der Waals surface area contributed by atoms with Crippen LogP contribution in [0, 0.1) is 6.57 Å². The third-order valence-corrected chi connectivity index (χ3v) is 2.42. The Morgan fingerprint density at radius 3 is 2.38 bits per heavy atom. The standard InChI is InChI=1S/C11H10FN/c1-13-8-9-2-4-10(5-3-9)11(12)6-7-11/h2-5H,6-8H2. The van der Waals surface area contributed by atoms with Crippen LogP contribution in [-0.4, -0.2) is 0 Å². The van der Waals surface area contributed by atoms with Gasteiger partial charge in [-0.05, 0) is 18.4 Å². The molecule has 1 aliphatic rings. The lowest BCUT2D eigenvalue weighted by Crippen LogP contribution is -1.96. The molecule has 0 saturated heterocycles. The molecule has 1 nitrogen and oxygen atoms in total. The summed E-state index contributed by atoms with van der Waals surface area (Å²) in [5, 5.41) is 0. The van der Waals surface area contributed by atoms with Crippen molar-refractivity contribution in [2.75, 3.05) is 0 Å². The fourth-order valence-corrected chi connectivity index (χ4v) is 1.40. The second-order valence-electron chi connectivity index (χ2n) is 3.48. The molecule has 0 bridgehead atoms. The highest BCUT2D eigenvalue weighted by atomic mass is 19.1. The molecule has 0 N–H and O–H groups in total. The van der Waals surface area contributed by atoms with E-state index in [4.69, 9.17) is 6.57 Å². The van der Waals surface area contributed by atoms with Gasteiger partial charge in [0.2, 0.25) is 6.54 Å². The Hall–Kier alpha value is -1.36. The summed E-state index contributed by atoms with van der Waals surface area (Å²) in [6.45, 7) is 7.07. The largest absolute Gasteiger partial charge is 0.312 e. The molecule has 2 rings (SSSR count). The van der Waals surface area contributed by atoms with Crippen molar-refractivity contribution in [3.63, 3.8) is 0 Å². The van der Waals surface area contributed by atoms with Crippen molar-refractivity contribution in [2.45, 2.75) is 25.1 Å². The van der Waals surface area contributed by atoms with Crippen LogP contribution in [0.3, 0.4) is 0 Å². The molecule has 0 unspecified atom stereocenters. The van der Waals surface area contributed by atoms with Crippen molar-refractivity contribution in [2.24, 2.45) is 0 Å². The second-order valence-corrected chi connectivity index (χ2v) is 3.48. The quantitative estimate of drug-likeness (QED) is 0.608. The molecule has 1 aromatic carbocycles. The zero-order valence-electron chi connectivity index (χ0n) is 7.26. The first-order chi connectivity index (χ1) is 6.24. The fourth-order valence-electron chi connectivity index (χ4n) is 1.40. The molecule has 0 spiro atoms. The first-order valence-corrected chi connectivity index (χ1v) is 4.36. The monoisotopic (exact) mass is 175 g/mol. The van der Waals surface area contributed by atoms with E-state index < -0.39 is 5.67 Å². The predicted molar refractivity (Wildman–Crippen MR) is 48.8 cm³/mol. The predicted octanol–water partition coefficient (Wildman–Crippen LogP) is 3.06. The van der Waals surface area contributed by atoms with E-state index in [0.717, 1.165) is 11.1 Å². The molecule has 0 atom stereocenters. The van der Waals surface area contributed by atoms with Crippen LogP contribution in [0.25, 0.3) is 4.85 Å². The molecule has 1 aromatic rings. The summed E-state index contributed by atoms with van der Waals surface area (Å²) in [6.07, 6.45) is 1.30. The maximum atomic E-state index is 13.5. The number of nitrogens with zero attached hydrogens (tertiary/aromatic N) is 1. The molecule has 1 aliphatic carbocycles. The van der Waals surface area contributed by atoms with E-state index in [1.165, 1.54) is 0 Å². The molecule has 0 heterocycles. The van der Waals surface area contributed by atoms with Crippen LogP contribution in [0.15, 0.2) is 24.3 Å². The fraction of sp³-hybridized carbons (Fsp3) is 0.364. The van der Waals surface area contributed by atoms with E-state index in [-0.39, 0.29) is 0 Å². The number of alkyl halides is 1. The van der Waals surface area contributed by atoms with Gasteiger partial charge < -0.3 is 4.85 Å². The number of benzene rings is 1. The lowest BCUT2D eigenvalue weighted by atomic mass is 10.1. The third kappa shape index (κ3) is 1.55. The highest BCUT2D eigenvalue weighted by Gasteiger charge is 2.44. The molecule has 0 aliphatic heterocycles. The van der Waals surface area contributed by atoms with Gasteiger partial charge in [0.15, 0.2) is 0 Å². The summed E-state index contributed by atoms with van der Waals surface area (Å²) in [5.41, 5.74) is 0.681. The Balaban J connectivity index is 2.20. The van der Waals surface area contributed by atoms with Gasteiger partial charge in [0.05, 0.1) is 0 Å². The van der Waals surface area contributed by atoms with Crippen LogP contribution in [0.4, 0.5) is 4.39 Å². The van der Waals surface area contributed by atoms with E-state index in [2.05, 4.69) is 4.85 Å². The van der Waals surface area contributed by atoms with Crippen molar-refractivity contribution >= 4 is 0 Å². The molecular weight excluding hydrogens is 165 g/mol. The van der Waals surface area contributed by atoms with Gasteiger partial charge in [0.25, 0.3) is 0 Å². The van der Waals surface area contributed by atoms with Crippen LogP contribution in [0.5, 0.6) is 0 Å². The minimum atomic E-state index is -1.05. The summed E-state index contributed by atoms with van der Waals surface area (Å²) in [5.74, 6) is 0. The van der Waals surface area contributed by atoms with Crippen LogP contribution < -0.4 is 0 Å². The van der Waals surface area contributed by atoms with E-state index in [1.807, 2.05) is 12.1 Å². The van der Waals surface area contributed by atoms with Crippen molar-refractivity contribution in [3.05, 3.63) is 46.8 Å². The van der Waals surface area contributed by atoms with E-state index in [1.54, 1.807) is 12.1 Å². The highest BCUT2D eigenvalue weighted by Crippen LogP contribution is 2.49. The molecule has 1 saturated carbocycles. The van der Waals surface area contributed by atoms with Crippen molar-refractivity contribution < 1.29 is 4.39 Å². The molecule has 0 aromatic heterocycles. The highest BCUT2D eigenvalue weighted by molar-refractivity contribution is 5.31. The normalized spacial score (nSPS) is 17.8. The van der Waals surface area contributed by atoms with Gasteiger partial charge in [-0.25, -0.2) is 11.0 Å². The molecule has 0 amide bonds. The zero-order valence-corrected chi connectivity index (χ0v) is 7.26. The average Bonchev–Trinajstić information content (AvgIpc) is 2.87. The molecule has 2 heteroatoms. The Labute approximate surface area is 77.0 Å². The van der Waals surface area contributed by atoms with Gasteiger partial charge in [-0.1, -0.05) is 24.3 Å². The Morgan fingerprint density at radius 1 is 1.31 bits per heavy atom. The van der Waals surface area contributed by atoms with Crippen LogP contribution in [0.2, 0.25) is 0 Å². The SMILES string of the molecule is [C-]#[N+]Cc1ccc(C2(F)CC2)cc1. The molecular formula is C11H10FN. The van der Waals surface area contributed by atoms with Gasteiger partial charge >= 0.3 is 0 Å². The first-order valence-electron chi connectivity index (χ1n) is 4.36. The van der Waals surface area contributed by atoms with Crippen LogP contribution in [-0.2, 0) is 12.2 Å². The van der Waals surface area contributed by atoms with E-state index >= 15 is 0 Å². The van der Waals surface area contributed by atoms with Crippen molar-refractivity contribution in [1.29, 1.82) is 0 Å². The second kappa shape index (κ2) is 2.85. The lowest BCUT2D eigenvalue weighted by molar-refractivity contribution is 0.317. The minimum absolute atomic E-state index is 0.388. The molecule has 1 fully saturated rings. The Kier molecular flexibility index (Phi) is 1.81. The molecule has 13 heavy (non-hydrogen) atoms. The van der Waals surface area contributed by atoms with Crippen LogP contribution >= 0.6 is 0 Å². The number of hydrogen-bond donors (Lipinski definition) is 0. The lowest BCUT2D eigenvalue weighted by Gasteiger charge is -2.04. The van der Waals surface area contributed by atoms with Crippen molar-refractivity contribution in [3.8, 4) is 0 Å². The number of rotatable bonds is 2. The average molecular weight is 175 g/mol. The van der Waals surface area contributed by atoms with Gasteiger partial charge in [-0.2, -0.15) is 0 Å². The van der Waals surface area contributed by atoms with Crippen molar-refractivity contribution in [1.82, 2.24) is 0 Å². The van der Waals surface area contributed by atoms with Gasteiger partial charge in [-0.3, -0.25) is 0 Å². The van der Waals surface area contributed by atoms with Gasteiger partial charge in [0, 0.05) is 5.56 Å². The Bertz CT molecular complexity index is 343. The third-order valence-electron chi connectivity index (χ3n) is 2.42. The van der Waals surface area contributed by atoms with E-state index in [9.17, 15) is 4.39 Å². The maximum absolute atomic E-state index is 13.5. The molecule has 66 valence electrons. The summed E-state index contributed by atoms with van der Waals surface area (Å²) >= 11 is 0. The summed E-state index contributed by atoms with van der Waals surface area (Å²) in [6, 6.07) is 7.28. The summed E-state index contributed by atoms with van der Waals surface area (Å²) < 4.78 is 13.5. The number of hydrogen-bond acceptors (Lipinski definition) is 0. The maximum Gasteiger partial charge on any atom is 0.239 e. The Morgan fingerprint density at radius 2 is 1.92 bits per heavy atom. The first kappa shape index (κ1) is 8.25. The molecule has 0 radical (unpaired) electrons. The van der Waals surface area contributed by atoms with Gasteiger partial charge in [0.1, 0.15) is 5.67 Å².